The monoisotopic (exact) mass is 289 g/mol. The summed E-state index contributed by atoms with van der Waals surface area (Å²) in [6.07, 6.45) is -0.868. The summed E-state index contributed by atoms with van der Waals surface area (Å²) in [6, 6.07) is 2.12. The number of carbonyl (C=O) groups excluding carboxylic acids is 1. The van der Waals surface area contributed by atoms with Gasteiger partial charge in [0.05, 0.1) is 10.7 Å². The maximum Gasteiger partial charge on any atom is 0.488 e. The lowest BCUT2D eigenvalue weighted by Gasteiger charge is -2.20. The van der Waals surface area contributed by atoms with Crippen LogP contribution in [0, 0.1) is 5.82 Å². The fourth-order valence-corrected chi connectivity index (χ4v) is 1.49. The zero-order chi connectivity index (χ0) is 14.8. The topological polar surface area (TPSA) is 78.8 Å². The molecule has 0 atom stereocenters. The highest BCUT2D eigenvalue weighted by Gasteiger charge is 2.21. The summed E-state index contributed by atoms with van der Waals surface area (Å²) in [5.74, 6) is -0.878. The van der Waals surface area contributed by atoms with Gasteiger partial charge in [-0.3, -0.25) is 5.32 Å². The average molecular weight is 289 g/mol. The fourth-order valence-electron chi connectivity index (χ4n) is 1.26. The van der Waals surface area contributed by atoms with Gasteiger partial charge in [0.2, 0.25) is 0 Å². The van der Waals surface area contributed by atoms with Crippen LogP contribution in [0.5, 0.6) is 0 Å². The summed E-state index contributed by atoms with van der Waals surface area (Å²) >= 11 is 5.59. The van der Waals surface area contributed by atoms with Crippen molar-refractivity contribution in [2.24, 2.45) is 0 Å². The number of nitrogens with one attached hydrogen (secondary N) is 1. The van der Waals surface area contributed by atoms with Crippen LogP contribution in [0.15, 0.2) is 12.1 Å². The number of anilines is 1. The largest absolute Gasteiger partial charge is 0.488 e. The molecule has 104 valence electrons. The third-order valence-electron chi connectivity index (χ3n) is 1.98. The first-order valence-electron chi connectivity index (χ1n) is 5.45. The summed E-state index contributed by atoms with van der Waals surface area (Å²) in [7, 11) is -1.82. The van der Waals surface area contributed by atoms with E-state index in [1.165, 1.54) is 0 Å². The predicted octanol–water partition coefficient (Wildman–Crippen LogP) is 1.51. The first kappa shape index (κ1) is 15.8. The SMILES string of the molecule is CC(C)(C)OC(=O)Nc1cc(B(O)O)cc(Cl)c1F. The maximum absolute atomic E-state index is 13.7. The van der Waals surface area contributed by atoms with Gasteiger partial charge < -0.3 is 14.8 Å². The molecule has 0 fully saturated rings. The van der Waals surface area contributed by atoms with Crippen molar-refractivity contribution >= 4 is 36.0 Å². The van der Waals surface area contributed by atoms with Gasteiger partial charge in [0.15, 0.2) is 5.82 Å². The number of hydrogen-bond acceptors (Lipinski definition) is 4. The van der Waals surface area contributed by atoms with E-state index < -0.39 is 24.6 Å². The fraction of sp³-hybridized carbons (Fsp3) is 0.364. The minimum atomic E-state index is -1.82. The third-order valence-corrected chi connectivity index (χ3v) is 2.26. The lowest BCUT2D eigenvalue weighted by atomic mass is 9.80. The number of carbonyl (C=O) groups is 1. The molecule has 1 aromatic carbocycles. The lowest BCUT2D eigenvalue weighted by molar-refractivity contribution is 0.0635. The molecule has 0 saturated heterocycles. The van der Waals surface area contributed by atoms with Gasteiger partial charge in [-0.1, -0.05) is 11.6 Å². The van der Waals surface area contributed by atoms with E-state index in [-0.39, 0.29) is 16.2 Å². The van der Waals surface area contributed by atoms with E-state index in [0.717, 1.165) is 12.1 Å². The van der Waals surface area contributed by atoms with Crippen molar-refractivity contribution in [2.75, 3.05) is 5.32 Å². The van der Waals surface area contributed by atoms with Crippen LogP contribution in [0.3, 0.4) is 0 Å². The molecule has 1 amide bonds. The molecule has 19 heavy (non-hydrogen) atoms. The second-order valence-corrected chi connectivity index (χ2v) is 5.27. The first-order valence-corrected chi connectivity index (χ1v) is 5.83. The molecule has 1 aromatic rings. The van der Waals surface area contributed by atoms with Gasteiger partial charge in [-0.25, -0.2) is 9.18 Å². The second kappa shape index (κ2) is 5.77. The first-order chi connectivity index (χ1) is 8.60. The van der Waals surface area contributed by atoms with Gasteiger partial charge in [0, 0.05) is 0 Å². The molecular formula is C11H14BClFNO4. The van der Waals surface area contributed by atoms with Gasteiger partial charge in [0.1, 0.15) is 5.60 Å². The standard InChI is InChI=1S/C11H14BClFNO4/c1-11(2,3)19-10(16)15-8-5-6(12(17)18)4-7(13)9(8)14/h4-5,17-18H,1-3H3,(H,15,16). The van der Waals surface area contributed by atoms with Gasteiger partial charge in [0.25, 0.3) is 0 Å². The molecule has 0 unspecified atom stereocenters. The van der Waals surface area contributed by atoms with Gasteiger partial charge in [-0.2, -0.15) is 0 Å². The second-order valence-electron chi connectivity index (χ2n) is 4.86. The molecule has 0 aromatic heterocycles. The van der Waals surface area contributed by atoms with E-state index in [9.17, 15) is 9.18 Å². The van der Waals surface area contributed by atoms with Crippen LogP contribution < -0.4 is 10.8 Å². The lowest BCUT2D eigenvalue weighted by Crippen LogP contribution is -2.32. The van der Waals surface area contributed by atoms with Crippen LogP contribution in [0.1, 0.15) is 20.8 Å². The summed E-state index contributed by atoms with van der Waals surface area (Å²) in [5, 5.41) is 19.9. The van der Waals surface area contributed by atoms with Crippen LogP contribution in [-0.4, -0.2) is 28.9 Å². The normalized spacial score (nSPS) is 11.1. The van der Waals surface area contributed by atoms with E-state index in [1.807, 2.05) is 0 Å². The van der Waals surface area contributed by atoms with Crippen LogP contribution in [0.4, 0.5) is 14.9 Å². The number of ether oxygens (including phenoxy) is 1. The minimum absolute atomic E-state index is 0.0440. The van der Waals surface area contributed by atoms with E-state index in [1.54, 1.807) is 20.8 Å². The highest BCUT2D eigenvalue weighted by Crippen LogP contribution is 2.22. The smallest absolute Gasteiger partial charge is 0.444 e. The Kier molecular flexibility index (Phi) is 4.78. The Balaban J connectivity index is 2.97. The maximum atomic E-state index is 13.7. The Hall–Kier alpha value is -1.31. The van der Waals surface area contributed by atoms with Crippen LogP contribution in [0.25, 0.3) is 0 Å². The molecule has 3 N–H and O–H groups in total. The molecule has 0 bridgehead atoms. The Morgan fingerprint density at radius 3 is 2.47 bits per heavy atom. The molecule has 0 saturated carbocycles. The van der Waals surface area contributed by atoms with Crippen molar-refractivity contribution in [3.63, 3.8) is 0 Å². The highest BCUT2D eigenvalue weighted by molar-refractivity contribution is 6.59. The highest BCUT2D eigenvalue weighted by atomic mass is 35.5. The van der Waals surface area contributed by atoms with Gasteiger partial charge >= 0.3 is 13.2 Å². The number of halogens is 2. The van der Waals surface area contributed by atoms with Crippen LogP contribution in [-0.2, 0) is 4.74 Å². The summed E-state index contributed by atoms with van der Waals surface area (Å²) < 4.78 is 18.6. The number of amides is 1. The number of hydrogen-bond donors (Lipinski definition) is 3. The molecular weight excluding hydrogens is 275 g/mol. The van der Waals surface area contributed by atoms with Crippen molar-refractivity contribution in [2.45, 2.75) is 26.4 Å². The summed E-state index contributed by atoms with van der Waals surface area (Å²) in [6.45, 7) is 4.97. The molecule has 0 aliphatic carbocycles. The van der Waals surface area contributed by atoms with Crippen LogP contribution in [0.2, 0.25) is 5.02 Å². The summed E-state index contributed by atoms with van der Waals surface area (Å²) in [4.78, 5) is 11.5. The zero-order valence-electron chi connectivity index (χ0n) is 10.7. The molecule has 8 heteroatoms. The zero-order valence-corrected chi connectivity index (χ0v) is 11.5. The van der Waals surface area contributed by atoms with Crippen molar-refractivity contribution in [3.8, 4) is 0 Å². The average Bonchev–Trinajstić information content (AvgIpc) is 2.21. The quantitative estimate of drug-likeness (QED) is 0.721. The van der Waals surface area contributed by atoms with E-state index >= 15 is 0 Å². The summed E-state index contributed by atoms with van der Waals surface area (Å²) in [5.41, 5.74) is -1.07. The molecule has 0 heterocycles. The molecule has 5 nitrogen and oxygen atoms in total. The molecule has 0 aliphatic heterocycles. The minimum Gasteiger partial charge on any atom is -0.444 e. The van der Waals surface area contributed by atoms with Gasteiger partial charge in [-0.05, 0) is 38.4 Å². The Morgan fingerprint density at radius 2 is 2.00 bits per heavy atom. The number of benzene rings is 1. The Labute approximate surface area is 115 Å². The molecule has 0 aliphatic rings. The van der Waals surface area contributed by atoms with Crippen molar-refractivity contribution in [1.82, 2.24) is 0 Å². The van der Waals surface area contributed by atoms with Crippen LogP contribution >= 0.6 is 11.6 Å². The Bertz CT molecular complexity index is 490. The molecule has 0 spiro atoms. The predicted molar refractivity (Wildman–Crippen MR) is 71.1 cm³/mol. The van der Waals surface area contributed by atoms with Crippen molar-refractivity contribution in [3.05, 3.63) is 23.0 Å². The third kappa shape index (κ3) is 4.70. The Morgan fingerprint density at radius 1 is 1.42 bits per heavy atom. The molecule has 1 rings (SSSR count). The number of rotatable bonds is 2. The van der Waals surface area contributed by atoms with Crippen molar-refractivity contribution in [1.29, 1.82) is 0 Å². The van der Waals surface area contributed by atoms with E-state index in [2.05, 4.69) is 5.32 Å². The van der Waals surface area contributed by atoms with E-state index in [4.69, 9.17) is 26.4 Å². The van der Waals surface area contributed by atoms with Gasteiger partial charge in [-0.15, -0.1) is 0 Å². The molecule has 0 radical (unpaired) electrons. The van der Waals surface area contributed by atoms with E-state index in [0.29, 0.717) is 0 Å². The van der Waals surface area contributed by atoms with Crippen molar-refractivity contribution < 1.29 is 24.0 Å².